The van der Waals surface area contributed by atoms with Gasteiger partial charge in [-0.3, -0.25) is 9.80 Å². The van der Waals surface area contributed by atoms with Gasteiger partial charge in [0.1, 0.15) is 0 Å². The molecule has 3 rings (SSSR count). The highest BCUT2D eigenvalue weighted by Gasteiger charge is 2.38. The molecule has 0 N–H and O–H groups in total. The Bertz CT molecular complexity index is 436. The molecule has 0 bridgehead atoms. The minimum Gasteiger partial charge on any atom is -0.297 e. The van der Waals surface area contributed by atoms with E-state index >= 15 is 0 Å². The van der Waals surface area contributed by atoms with Gasteiger partial charge >= 0.3 is 0 Å². The quantitative estimate of drug-likeness (QED) is 0.820. The van der Waals surface area contributed by atoms with E-state index in [1.807, 2.05) is 11.8 Å². The summed E-state index contributed by atoms with van der Waals surface area (Å²) >= 11 is 1.97. The fourth-order valence-electron chi connectivity index (χ4n) is 3.95. The monoisotopic (exact) mass is 304 g/mol. The molecule has 3 unspecified atom stereocenters. The lowest BCUT2D eigenvalue weighted by Gasteiger charge is -2.46. The highest BCUT2D eigenvalue weighted by atomic mass is 32.2. The highest BCUT2D eigenvalue weighted by Crippen LogP contribution is 2.34. The van der Waals surface area contributed by atoms with Gasteiger partial charge in [0.05, 0.1) is 0 Å². The Morgan fingerprint density at radius 1 is 1.24 bits per heavy atom. The van der Waals surface area contributed by atoms with Crippen molar-refractivity contribution >= 4 is 11.8 Å². The summed E-state index contributed by atoms with van der Waals surface area (Å²) in [6.07, 6.45) is 6.31. The zero-order valence-corrected chi connectivity index (χ0v) is 14.2. The molecule has 2 aliphatic rings. The topological polar surface area (TPSA) is 6.48 Å². The number of thioether (sulfide) groups is 1. The van der Waals surface area contributed by atoms with Crippen LogP contribution in [0.1, 0.15) is 37.8 Å². The second-order valence-corrected chi connectivity index (χ2v) is 7.53. The number of benzene rings is 1. The maximum atomic E-state index is 2.79. The lowest BCUT2D eigenvalue weighted by molar-refractivity contribution is 0.0233. The summed E-state index contributed by atoms with van der Waals surface area (Å²) in [5.41, 5.74) is 1.50. The largest absolute Gasteiger partial charge is 0.297 e. The van der Waals surface area contributed by atoms with Gasteiger partial charge in [-0.15, -0.1) is 0 Å². The summed E-state index contributed by atoms with van der Waals surface area (Å²) < 4.78 is 0. The van der Waals surface area contributed by atoms with E-state index in [0.29, 0.717) is 12.1 Å². The standard InChI is InChI=1S/C18H28N2S/c1-15(10-12-21-2)20-13-17-9-6-11-19(17)14-18(20)16-7-4-3-5-8-16/h3-5,7-8,15,17-18H,6,9-14H2,1-2H3. The third kappa shape index (κ3) is 3.46. The van der Waals surface area contributed by atoms with Crippen molar-refractivity contribution in [2.24, 2.45) is 0 Å². The number of piperazine rings is 1. The van der Waals surface area contributed by atoms with Crippen LogP contribution in [0.5, 0.6) is 0 Å². The van der Waals surface area contributed by atoms with Crippen LogP contribution in [0, 0.1) is 0 Å². The van der Waals surface area contributed by atoms with Crippen molar-refractivity contribution in [1.82, 2.24) is 9.80 Å². The molecule has 2 saturated heterocycles. The average molecular weight is 305 g/mol. The van der Waals surface area contributed by atoms with Crippen LogP contribution in [0.3, 0.4) is 0 Å². The summed E-state index contributed by atoms with van der Waals surface area (Å²) in [6.45, 7) is 6.21. The third-order valence-electron chi connectivity index (χ3n) is 5.22. The van der Waals surface area contributed by atoms with Gasteiger partial charge in [-0.2, -0.15) is 11.8 Å². The van der Waals surface area contributed by atoms with E-state index in [9.17, 15) is 0 Å². The van der Waals surface area contributed by atoms with Gasteiger partial charge in [-0.05, 0) is 50.3 Å². The van der Waals surface area contributed by atoms with Crippen LogP contribution in [0.25, 0.3) is 0 Å². The molecule has 0 amide bonds. The molecule has 3 heteroatoms. The number of rotatable bonds is 5. The van der Waals surface area contributed by atoms with E-state index in [2.05, 4.69) is 53.3 Å². The predicted octanol–water partition coefficient (Wildman–Crippen LogP) is 3.65. The summed E-state index contributed by atoms with van der Waals surface area (Å²) in [4.78, 5) is 5.52. The van der Waals surface area contributed by atoms with Crippen LogP contribution in [0.2, 0.25) is 0 Å². The molecular formula is C18H28N2S. The molecular weight excluding hydrogens is 276 g/mol. The van der Waals surface area contributed by atoms with Crippen LogP contribution in [0.4, 0.5) is 0 Å². The van der Waals surface area contributed by atoms with E-state index in [1.165, 1.54) is 50.2 Å². The van der Waals surface area contributed by atoms with Crippen LogP contribution < -0.4 is 0 Å². The molecule has 116 valence electrons. The molecule has 3 atom stereocenters. The van der Waals surface area contributed by atoms with E-state index in [1.54, 1.807) is 0 Å². The Morgan fingerprint density at radius 2 is 2.05 bits per heavy atom. The van der Waals surface area contributed by atoms with Crippen molar-refractivity contribution in [2.45, 2.75) is 44.3 Å². The minimum absolute atomic E-state index is 0.581. The minimum atomic E-state index is 0.581. The van der Waals surface area contributed by atoms with Crippen LogP contribution in [0.15, 0.2) is 30.3 Å². The van der Waals surface area contributed by atoms with Gasteiger partial charge in [0.15, 0.2) is 0 Å². The van der Waals surface area contributed by atoms with Gasteiger partial charge in [-0.25, -0.2) is 0 Å². The molecule has 21 heavy (non-hydrogen) atoms. The summed E-state index contributed by atoms with van der Waals surface area (Å²) in [7, 11) is 0. The molecule has 2 heterocycles. The first-order valence-corrected chi connectivity index (χ1v) is 9.72. The molecule has 0 spiro atoms. The maximum Gasteiger partial charge on any atom is 0.0478 e. The zero-order chi connectivity index (χ0) is 14.7. The Kier molecular flexibility index (Phi) is 5.25. The molecule has 0 saturated carbocycles. The zero-order valence-electron chi connectivity index (χ0n) is 13.4. The number of hydrogen-bond donors (Lipinski definition) is 0. The van der Waals surface area contributed by atoms with Crippen LogP contribution in [-0.2, 0) is 0 Å². The summed E-state index contributed by atoms with van der Waals surface area (Å²) in [5, 5.41) is 0. The van der Waals surface area contributed by atoms with Crippen molar-refractivity contribution in [3.8, 4) is 0 Å². The average Bonchev–Trinajstić information content (AvgIpc) is 2.99. The van der Waals surface area contributed by atoms with Crippen molar-refractivity contribution in [2.75, 3.05) is 31.6 Å². The molecule has 1 aromatic rings. The Labute approximate surface area is 133 Å². The molecule has 0 aromatic heterocycles. The van der Waals surface area contributed by atoms with E-state index in [0.717, 1.165) is 6.04 Å². The Hall–Kier alpha value is -0.510. The summed E-state index contributed by atoms with van der Waals surface area (Å²) in [5.74, 6) is 1.27. The number of fused-ring (bicyclic) bond motifs is 1. The second-order valence-electron chi connectivity index (χ2n) is 6.54. The summed E-state index contributed by atoms with van der Waals surface area (Å²) in [6, 6.07) is 13.2. The van der Waals surface area contributed by atoms with Gasteiger partial charge < -0.3 is 0 Å². The molecule has 2 fully saturated rings. The van der Waals surface area contributed by atoms with E-state index in [4.69, 9.17) is 0 Å². The van der Waals surface area contributed by atoms with Crippen molar-refractivity contribution in [3.63, 3.8) is 0 Å². The number of nitrogens with zero attached hydrogens (tertiary/aromatic N) is 2. The third-order valence-corrected chi connectivity index (χ3v) is 5.86. The highest BCUT2D eigenvalue weighted by molar-refractivity contribution is 7.98. The molecule has 2 aliphatic heterocycles. The first kappa shape index (κ1) is 15.4. The first-order valence-electron chi connectivity index (χ1n) is 8.33. The van der Waals surface area contributed by atoms with Crippen molar-refractivity contribution in [1.29, 1.82) is 0 Å². The smallest absolute Gasteiger partial charge is 0.0478 e. The predicted molar refractivity (Wildman–Crippen MR) is 92.9 cm³/mol. The lowest BCUT2D eigenvalue weighted by atomic mass is 9.97. The maximum absolute atomic E-state index is 2.79. The van der Waals surface area contributed by atoms with Gasteiger partial charge in [0.2, 0.25) is 0 Å². The fourth-order valence-corrected chi connectivity index (χ4v) is 4.53. The van der Waals surface area contributed by atoms with E-state index in [-0.39, 0.29) is 0 Å². The van der Waals surface area contributed by atoms with Gasteiger partial charge in [0, 0.05) is 31.2 Å². The molecule has 2 nitrogen and oxygen atoms in total. The second kappa shape index (κ2) is 7.17. The van der Waals surface area contributed by atoms with Crippen LogP contribution in [-0.4, -0.2) is 53.5 Å². The Balaban J connectivity index is 1.78. The first-order chi connectivity index (χ1) is 10.3. The number of hydrogen-bond acceptors (Lipinski definition) is 3. The van der Waals surface area contributed by atoms with Crippen molar-refractivity contribution < 1.29 is 0 Å². The fraction of sp³-hybridized carbons (Fsp3) is 0.667. The lowest BCUT2D eigenvalue weighted by Crippen LogP contribution is -2.54. The Morgan fingerprint density at radius 3 is 2.81 bits per heavy atom. The molecule has 0 aliphatic carbocycles. The molecule has 0 radical (unpaired) electrons. The normalized spacial score (nSPS) is 28.5. The van der Waals surface area contributed by atoms with Gasteiger partial charge in [-0.1, -0.05) is 30.3 Å². The van der Waals surface area contributed by atoms with Crippen LogP contribution >= 0.6 is 11.8 Å². The van der Waals surface area contributed by atoms with Gasteiger partial charge in [0.25, 0.3) is 0 Å². The molecule has 1 aromatic carbocycles. The van der Waals surface area contributed by atoms with E-state index < -0.39 is 0 Å². The SMILES string of the molecule is CSCCC(C)N1CC2CCCN2CC1c1ccccc1. The van der Waals surface area contributed by atoms with Crippen molar-refractivity contribution in [3.05, 3.63) is 35.9 Å².